The van der Waals surface area contributed by atoms with Crippen LogP contribution >= 0.6 is 0 Å². The normalized spacial score (nSPS) is 13.6. The van der Waals surface area contributed by atoms with Crippen LogP contribution in [-0.2, 0) is 24.8 Å². The second-order valence-electron chi connectivity index (χ2n) is 5.59. The Morgan fingerprint density at radius 3 is 2.40 bits per heavy atom. The van der Waals surface area contributed by atoms with Crippen molar-refractivity contribution >= 4 is 31.7 Å². The monoisotopic (exact) mass is 396 g/mol. The molecule has 0 bridgehead atoms. The van der Waals surface area contributed by atoms with Gasteiger partial charge in [0.2, 0.25) is 20.0 Å². The first-order valence-electron chi connectivity index (χ1n) is 7.40. The molecule has 1 unspecified atom stereocenters. The van der Waals surface area contributed by atoms with Gasteiger partial charge in [0.15, 0.2) is 0 Å². The molecule has 0 amide bonds. The van der Waals surface area contributed by atoms with E-state index in [4.69, 9.17) is 5.11 Å². The summed E-state index contributed by atoms with van der Waals surface area (Å²) in [6.45, 7) is 2.67. The summed E-state index contributed by atoms with van der Waals surface area (Å²) < 4.78 is 65.2. The number of benzene rings is 1. The number of hydrogen-bond donors (Lipinski definition) is 2. The number of hydrogen-bond acceptors (Lipinski definition) is 5. The lowest BCUT2D eigenvalue weighted by atomic mass is 10.2. The number of nitrogens with zero attached hydrogens (tertiary/aromatic N) is 1. The number of aliphatic carboxylic acids is 1. The molecule has 0 saturated carbocycles. The molecule has 2 N–H and O–H groups in total. The Balaban J connectivity index is 3.08. The van der Waals surface area contributed by atoms with Crippen LogP contribution in [-0.4, -0.2) is 51.6 Å². The van der Waals surface area contributed by atoms with E-state index < -0.39 is 42.6 Å². The first-order chi connectivity index (χ1) is 11.4. The number of nitrogens with one attached hydrogen (secondary N) is 1. The predicted molar refractivity (Wildman–Crippen MR) is 90.7 cm³/mol. The van der Waals surface area contributed by atoms with Gasteiger partial charge in [-0.3, -0.25) is 9.52 Å². The smallest absolute Gasteiger partial charge is 0.307 e. The van der Waals surface area contributed by atoms with Crippen molar-refractivity contribution in [2.24, 2.45) is 5.92 Å². The lowest BCUT2D eigenvalue weighted by Gasteiger charge is -2.20. The zero-order chi connectivity index (χ0) is 19.4. The first-order valence-corrected chi connectivity index (χ1v) is 10.5. The van der Waals surface area contributed by atoms with Crippen molar-refractivity contribution in [3.05, 3.63) is 24.0 Å². The van der Waals surface area contributed by atoms with E-state index in [1.165, 1.54) is 6.92 Å². The Hall–Kier alpha value is -1.72. The number of carbonyl (C=O) groups is 1. The average Bonchev–Trinajstić information content (AvgIpc) is 2.45. The highest BCUT2D eigenvalue weighted by atomic mass is 32.2. The molecule has 1 atom stereocenters. The van der Waals surface area contributed by atoms with Crippen LogP contribution < -0.4 is 4.72 Å². The Morgan fingerprint density at radius 2 is 1.92 bits per heavy atom. The van der Waals surface area contributed by atoms with Gasteiger partial charge < -0.3 is 5.11 Å². The molecule has 0 fully saturated rings. The van der Waals surface area contributed by atoms with E-state index in [-0.39, 0.29) is 18.0 Å². The van der Waals surface area contributed by atoms with E-state index in [2.05, 4.69) is 4.72 Å². The number of halogens is 1. The van der Waals surface area contributed by atoms with Gasteiger partial charge in [0, 0.05) is 13.6 Å². The van der Waals surface area contributed by atoms with Crippen molar-refractivity contribution in [1.82, 2.24) is 4.31 Å². The predicted octanol–water partition coefficient (Wildman–Crippen LogP) is 1.32. The number of anilines is 1. The number of sulfonamides is 2. The van der Waals surface area contributed by atoms with Gasteiger partial charge in [0.25, 0.3) is 0 Å². The van der Waals surface area contributed by atoms with Gasteiger partial charge in [0.05, 0.1) is 17.4 Å². The maximum Gasteiger partial charge on any atom is 0.307 e. The quantitative estimate of drug-likeness (QED) is 0.649. The van der Waals surface area contributed by atoms with Crippen LogP contribution in [0.1, 0.15) is 20.3 Å². The summed E-state index contributed by atoms with van der Waals surface area (Å²) in [7, 11) is -6.74. The van der Waals surface area contributed by atoms with Gasteiger partial charge in [-0.1, -0.05) is 13.8 Å². The third kappa shape index (κ3) is 5.65. The largest absolute Gasteiger partial charge is 0.481 e. The van der Waals surface area contributed by atoms with Gasteiger partial charge in [-0.15, -0.1) is 0 Å². The molecule has 0 heterocycles. The summed E-state index contributed by atoms with van der Waals surface area (Å²) in [4.78, 5) is 10.2. The SMILES string of the molecule is CCCS(=O)(=O)Nc1ccc(S(=O)(=O)N(C)CC(C)C(=O)O)c(F)c1. The molecule has 142 valence electrons. The van der Waals surface area contributed by atoms with Crippen molar-refractivity contribution in [3.8, 4) is 0 Å². The van der Waals surface area contributed by atoms with E-state index in [9.17, 15) is 26.0 Å². The van der Waals surface area contributed by atoms with Gasteiger partial charge >= 0.3 is 5.97 Å². The second-order valence-corrected chi connectivity index (χ2v) is 9.45. The summed E-state index contributed by atoms with van der Waals surface area (Å²) in [5.41, 5.74) is -0.0912. The molecule has 8 nitrogen and oxygen atoms in total. The Kier molecular flexibility index (Phi) is 6.91. The highest BCUT2D eigenvalue weighted by Gasteiger charge is 2.27. The fraction of sp³-hybridized carbons (Fsp3) is 0.500. The third-order valence-corrected chi connectivity index (χ3v) is 6.67. The fourth-order valence-corrected chi connectivity index (χ4v) is 4.43. The molecule has 0 aliphatic heterocycles. The van der Waals surface area contributed by atoms with Gasteiger partial charge in [0.1, 0.15) is 10.7 Å². The molecule has 0 radical (unpaired) electrons. The van der Waals surface area contributed by atoms with Crippen LogP contribution in [0.25, 0.3) is 0 Å². The van der Waals surface area contributed by atoms with Crippen molar-refractivity contribution in [1.29, 1.82) is 0 Å². The number of carboxylic acid groups (broad SMARTS) is 1. The molecular weight excluding hydrogens is 375 g/mol. The molecule has 25 heavy (non-hydrogen) atoms. The summed E-state index contributed by atoms with van der Waals surface area (Å²) in [6, 6.07) is 2.85. The van der Waals surface area contributed by atoms with E-state index >= 15 is 0 Å². The van der Waals surface area contributed by atoms with E-state index in [1.54, 1.807) is 6.92 Å². The maximum absolute atomic E-state index is 14.2. The van der Waals surface area contributed by atoms with Gasteiger partial charge in [-0.25, -0.2) is 21.2 Å². The third-order valence-electron chi connectivity index (χ3n) is 3.32. The molecule has 0 aromatic heterocycles. The summed E-state index contributed by atoms with van der Waals surface area (Å²) in [6.07, 6.45) is 0.372. The van der Waals surface area contributed by atoms with Crippen molar-refractivity contribution in [2.45, 2.75) is 25.2 Å². The van der Waals surface area contributed by atoms with E-state index in [1.807, 2.05) is 0 Å². The molecular formula is C14H21FN2O6S2. The average molecular weight is 396 g/mol. The van der Waals surface area contributed by atoms with Crippen LogP contribution in [0.5, 0.6) is 0 Å². The van der Waals surface area contributed by atoms with Crippen LogP contribution in [0.4, 0.5) is 10.1 Å². The van der Waals surface area contributed by atoms with Crippen LogP contribution in [0.3, 0.4) is 0 Å². The van der Waals surface area contributed by atoms with E-state index in [0.717, 1.165) is 29.6 Å². The molecule has 11 heteroatoms. The zero-order valence-corrected chi connectivity index (χ0v) is 15.7. The lowest BCUT2D eigenvalue weighted by molar-refractivity contribution is -0.141. The minimum Gasteiger partial charge on any atom is -0.481 e. The first kappa shape index (κ1) is 21.3. The van der Waals surface area contributed by atoms with E-state index in [0.29, 0.717) is 6.42 Å². The van der Waals surface area contributed by atoms with Crippen LogP contribution in [0.2, 0.25) is 0 Å². The molecule has 1 aromatic carbocycles. The van der Waals surface area contributed by atoms with Crippen LogP contribution in [0, 0.1) is 11.7 Å². The summed E-state index contributed by atoms with van der Waals surface area (Å²) >= 11 is 0. The van der Waals surface area contributed by atoms with Crippen molar-refractivity contribution < 1.29 is 31.1 Å². The topological polar surface area (TPSA) is 121 Å². The van der Waals surface area contributed by atoms with Crippen molar-refractivity contribution in [3.63, 3.8) is 0 Å². The van der Waals surface area contributed by atoms with Crippen LogP contribution in [0.15, 0.2) is 23.1 Å². The highest BCUT2D eigenvalue weighted by Crippen LogP contribution is 2.23. The minimum absolute atomic E-state index is 0.0912. The zero-order valence-electron chi connectivity index (χ0n) is 14.1. The molecule has 1 aromatic rings. The second kappa shape index (κ2) is 8.11. The maximum atomic E-state index is 14.2. The Labute approximate surface area is 146 Å². The van der Waals surface area contributed by atoms with Gasteiger partial charge in [-0.05, 0) is 24.6 Å². The van der Waals surface area contributed by atoms with Crippen molar-refractivity contribution in [2.75, 3.05) is 24.1 Å². The fourth-order valence-electron chi connectivity index (χ4n) is 2.00. The molecule has 0 saturated heterocycles. The number of rotatable bonds is 9. The standard InChI is InChI=1S/C14H21FN2O6S2/c1-4-7-24(20,21)16-11-5-6-13(12(15)8-11)25(22,23)17(3)9-10(2)14(18)19/h5-6,8,10,16H,4,7,9H2,1-3H3,(H,18,19). The summed E-state index contributed by atoms with van der Waals surface area (Å²) in [5.74, 6) is -3.43. The Morgan fingerprint density at radius 1 is 1.32 bits per heavy atom. The minimum atomic E-state index is -4.25. The molecule has 0 spiro atoms. The Bertz CT molecular complexity index is 839. The molecule has 0 aliphatic carbocycles. The number of carboxylic acids is 1. The van der Waals surface area contributed by atoms with Gasteiger partial charge in [-0.2, -0.15) is 4.31 Å². The lowest BCUT2D eigenvalue weighted by Crippen LogP contribution is -2.34. The summed E-state index contributed by atoms with van der Waals surface area (Å²) in [5, 5.41) is 8.85. The highest BCUT2D eigenvalue weighted by molar-refractivity contribution is 7.92. The molecule has 0 aliphatic rings. The molecule has 1 rings (SSSR count).